The molecular weight excluding hydrogens is 384 g/mol. The van der Waals surface area contributed by atoms with Crippen molar-refractivity contribution in [2.75, 3.05) is 11.9 Å². The van der Waals surface area contributed by atoms with Gasteiger partial charge in [0.05, 0.1) is 28.7 Å². The van der Waals surface area contributed by atoms with Crippen LogP contribution in [0.1, 0.15) is 10.4 Å². The zero-order valence-corrected chi connectivity index (χ0v) is 15.1. The highest BCUT2D eigenvalue weighted by Crippen LogP contribution is 2.24. The lowest BCUT2D eigenvalue weighted by Crippen LogP contribution is -2.12. The quantitative estimate of drug-likeness (QED) is 0.516. The van der Waals surface area contributed by atoms with Crippen LogP contribution in [0.4, 0.5) is 14.6 Å². The summed E-state index contributed by atoms with van der Waals surface area (Å²) in [5.41, 5.74) is 2.23. The molecular formula is C18H15F2N7O2. The Morgan fingerprint density at radius 2 is 2.17 bits per heavy atom. The number of hydrogen-bond acceptors (Lipinski definition) is 6. The van der Waals surface area contributed by atoms with Crippen molar-refractivity contribution < 1.29 is 18.3 Å². The number of ether oxygens (including phenoxy) is 1. The first-order valence-corrected chi connectivity index (χ1v) is 8.51. The van der Waals surface area contributed by atoms with E-state index in [0.717, 1.165) is 5.39 Å². The van der Waals surface area contributed by atoms with E-state index in [0.29, 0.717) is 28.3 Å². The van der Waals surface area contributed by atoms with Gasteiger partial charge in [0, 0.05) is 37.1 Å². The lowest BCUT2D eigenvalue weighted by Gasteiger charge is -2.04. The SMILES string of the molecule is Cn1cc(C(=O)Nc2cc3[nH]c(-c4ccnc(OCC(F)F)n4)cc3cn2)cn1. The lowest BCUT2D eigenvalue weighted by atomic mass is 10.2. The van der Waals surface area contributed by atoms with Crippen LogP contribution in [0.15, 0.2) is 43.0 Å². The Bertz CT molecular complexity index is 1170. The van der Waals surface area contributed by atoms with Crippen LogP contribution in [-0.2, 0) is 7.05 Å². The summed E-state index contributed by atoms with van der Waals surface area (Å²) < 4.78 is 31.0. The van der Waals surface area contributed by atoms with Crippen molar-refractivity contribution in [3.63, 3.8) is 0 Å². The summed E-state index contributed by atoms with van der Waals surface area (Å²) in [7, 11) is 1.72. The number of rotatable bonds is 6. The Balaban J connectivity index is 1.55. The summed E-state index contributed by atoms with van der Waals surface area (Å²) in [6.07, 6.45) is 3.48. The van der Waals surface area contributed by atoms with Crippen molar-refractivity contribution >= 4 is 22.6 Å². The third-order valence-corrected chi connectivity index (χ3v) is 3.96. The first-order chi connectivity index (χ1) is 14.0. The number of H-pyrrole nitrogens is 1. The van der Waals surface area contributed by atoms with Crippen molar-refractivity contribution in [1.29, 1.82) is 0 Å². The zero-order chi connectivity index (χ0) is 20.4. The minimum Gasteiger partial charge on any atom is -0.457 e. The molecule has 0 saturated carbocycles. The molecule has 0 bridgehead atoms. The summed E-state index contributed by atoms with van der Waals surface area (Å²) in [6, 6.07) is 4.97. The number of aryl methyl sites for hydroxylation is 1. The van der Waals surface area contributed by atoms with E-state index < -0.39 is 13.0 Å². The van der Waals surface area contributed by atoms with E-state index in [-0.39, 0.29) is 11.9 Å². The molecule has 4 aromatic rings. The molecule has 29 heavy (non-hydrogen) atoms. The number of aromatic amines is 1. The normalized spacial score (nSPS) is 11.2. The third kappa shape index (κ3) is 4.18. The van der Waals surface area contributed by atoms with E-state index >= 15 is 0 Å². The van der Waals surface area contributed by atoms with Crippen LogP contribution in [0.2, 0.25) is 0 Å². The van der Waals surface area contributed by atoms with Crippen molar-refractivity contribution in [3.8, 4) is 17.4 Å². The van der Waals surface area contributed by atoms with Gasteiger partial charge in [-0.1, -0.05) is 0 Å². The average molecular weight is 399 g/mol. The Hall–Kier alpha value is -3.89. The maximum Gasteiger partial charge on any atom is 0.317 e. The van der Waals surface area contributed by atoms with E-state index in [1.807, 2.05) is 0 Å². The largest absolute Gasteiger partial charge is 0.457 e. The van der Waals surface area contributed by atoms with Gasteiger partial charge < -0.3 is 15.0 Å². The van der Waals surface area contributed by atoms with Crippen molar-refractivity contribution in [1.82, 2.24) is 29.7 Å². The number of alkyl halides is 2. The highest BCUT2D eigenvalue weighted by Gasteiger charge is 2.12. The molecule has 0 aliphatic rings. The molecule has 11 heteroatoms. The molecule has 0 fully saturated rings. The van der Waals surface area contributed by atoms with Crippen molar-refractivity contribution in [2.24, 2.45) is 7.05 Å². The molecule has 0 aromatic carbocycles. The number of hydrogen-bond donors (Lipinski definition) is 2. The molecule has 2 N–H and O–H groups in total. The number of nitrogens with zero attached hydrogens (tertiary/aromatic N) is 5. The lowest BCUT2D eigenvalue weighted by molar-refractivity contribution is 0.0770. The van der Waals surface area contributed by atoms with Crippen LogP contribution < -0.4 is 10.1 Å². The number of halogens is 2. The van der Waals surface area contributed by atoms with Gasteiger partial charge in [-0.2, -0.15) is 10.1 Å². The summed E-state index contributed by atoms with van der Waals surface area (Å²) in [6.45, 7) is -0.778. The van der Waals surface area contributed by atoms with Crippen LogP contribution in [-0.4, -0.2) is 48.7 Å². The molecule has 4 rings (SSSR count). The number of carbonyl (C=O) groups excluding carboxylic acids is 1. The van der Waals surface area contributed by atoms with Gasteiger partial charge in [-0.3, -0.25) is 9.48 Å². The van der Waals surface area contributed by atoms with E-state index in [4.69, 9.17) is 4.74 Å². The predicted molar refractivity (Wildman–Crippen MR) is 99.8 cm³/mol. The van der Waals surface area contributed by atoms with Crippen LogP contribution in [0.25, 0.3) is 22.3 Å². The maximum atomic E-state index is 12.3. The van der Waals surface area contributed by atoms with Gasteiger partial charge in [0.2, 0.25) is 0 Å². The second-order valence-electron chi connectivity index (χ2n) is 6.12. The molecule has 0 unspecified atom stereocenters. The van der Waals surface area contributed by atoms with E-state index in [1.54, 1.807) is 37.6 Å². The van der Waals surface area contributed by atoms with Gasteiger partial charge >= 0.3 is 6.01 Å². The number of nitrogens with one attached hydrogen (secondary N) is 2. The molecule has 0 saturated heterocycles. The Morgan fingerprint density at radius 3 is 2.93 bits per heavy atom. The first-order valence-electron chi connectivity index (χ1n) is 8.51. The molecule has 0 spiro atoms. The fraction of sp³-hybridized carbons (Fsp3) is 0.167. The van der Waals surface area contributed by atoms with Crippen molar-refractivity contribution in [2.45, 2.75) is 6.43 Å². The maximum absolute atomic E-state index is 12.3. The summed E-state index contributed by atoms with van der Waals surface area (Å²) in [4.78, 5) is 27.6. The molecule has 4 aromatic heterocycles. The van der Waals surface area contributed by atoms with Gasteiger partial charge in [0.15, 0.2) is 6.61 Å². The van der Waals surface area contributed by atoms with Gasteiger partial charge in [0.1, 0.15) is 5.82 Å². The van der Waals surface area contributed by atoms with Crippen LogP contribution in [0.3, 0.4) is 0 Å². The number of fused-ring (bicyclic) bond motifs is 1. The minimum atomic E-state index is -2.61. The third-order valence-electron chi connectivity index (χ3n) is 3.96. The molecule has 9 nitrogen and oxygen atoms in total. The van der Waals surface area contributed by atoms with E-state index in [1.165, 1.54) is 17.1 Å². The topological polar surface area (TPSA) is 111 Å². The first kappa shape index (κ1) is 18.5. The van der Waals surface area contributed by atoms with E-state index in [2.05, 4.69) is 30.4 Å². The monoisotopic (exact) mass is 399 g/mol. The minimum absolute atomic E-state index is 0.135. The van der Waals surface area contributed by atoms with Gasteiger partial charge in [-0.25, -0.2) is 18.7 Å². The highest BCUT2D eigenvalue weighted by atomic mass is 19.3. The zero-order valence-electron chi connectivity index (χ0n) is 15.1. The number of amides is 1. The Morgan fingerprint density at radius 1 is 1.31 bits per heavy atom. The fourth-order valence-corrected chi connectivity index (χ4v) is 2.66. The van der Waals surface area contributed by atoms with Crippen LogP contribution in [0.5, 0.6) is 6.01 Å². The Labute approximate surface area is 162 Å². The number of carbonyl (C=O) groups is 1. The van der Waals surface area contributed by atoms with Gasteiger partial charge in [-0.15, -0.1) is 0 Å². The second-order valence-corrected chi connectivity index (χ2v) is 6.12. The fourth-order valence-electron chi connectivity index (χ4n) is 2.66. The van der Waals surface area contributed by atoms with Crippen LogP contribution >= 0.6 is 0 Å². The number of aromatic nitrogens is 6. The highest BCUT2D eigenvalue weighted by molar-refractivity contribution is 6.04. The molecule has 148 valence electrons. The summed E-state index contributed by atoms with van der Waals surface area (Å²) in [5.74, 6) is 0.0387. The molecule has 4 heterocycles. The second kappa shape index (κ2) is 7.62. The average Bonchev–Trinajstić information content (AvgIpc) is 3.32. The standard InChI is InChI=1S/C18H15F2N7O2/c1-27-8-11(7-23-27)17(28)26-16-5-13-10(6-22-16)4-14(24-13)12-2-3-21-18(25-12)29-9-15(19)20/h2-8,15,24H,9H2,1H3,(H,22,26,28). The molecule has 0 aliphatic heterocycles. The van der Waals surface area contributed by atoms with E-state index in [9.17, 15) is 13.6 Å². The predicted octanol–water partition coefficient (Wildman–Crippen LogP) is 2.65. The molecule has 0 aliphatic carbocycles. The Kier molecular flexibility index (Phi) is 4.85. The van der Waals surface area contributed by atoms with Crippen LogP contribution in [0, 0.1) is 0 Å². The number of pyridine rings is 1. The molecule has 0 atom stereocenters. The summed E-state index contributed by atoms with van der Waals surface area (Å²) in [5, 5.41) is 7.46. The number of anilines is 1. The molecule has 0 radical (unpaired) electrons. The van der Waals surface area contributed by atoms with Gasteiger partial charge in [-0.05, 0) is 12.1 Å². The van der Waals surface area contributed by atoms with Crippen molar-refractivity contribution in [3.05, 3.63) is 48.5 Å². The molecule has 1 amide bonds. The van der Waals surface area contributed by atoms with Gasteiger partial charge in [0.25, 0.3) is 12.3 Å². The summed E-state index contributed by atoms with van der Waals surface area (Å²) >= 11 is 0. The smallest absolute Gasteiger partial charge is 0.317 e.